The van der Waals surface area contributed by atoms with Gasteiger partial charge in [0.1, 0.15) is 5.82 Å². The van der Waals surface area contributed by atoms with Gasteiger partial charge >= 0.3 is 5.97 Å². The molecule has 0 spiro atoms. The van der Waals surface area contributed by atoms with Crippen molar-refractivity contribution >= 4 is 22.8 Å². The van der Waals surface area contributed by atoms with E-state index in [1.807, 2.05) is 6.07 Å². The number of likely N-dealkylation sites (N-methyl/N-ethyl adjacent to an activating group) is 1. The average Bonchev–Trinajstić information content (AvgIpc) is 2.52. The Bertz CT molecular complexity index is 767. The van der Waals surface area contributed by atoms with Crippen molar-refractivity contribution in [3.63, 3.8) is 0 Å². The Labute approximate surface area is 133 Å². The monoisotopic (exact) mass is 317 g/mol. The van der Waals surface area contributed by atoms with Crippen LogP contribution in [0.25, 0.3) is 10.9 Å². The molecule has 1 amide bonds. The number of fused-ring (bicyclic) bond motifs is 1. The van der Waals surface area contributed by atoms with Crippen molar-refractivity contribution in [1.29, 1.82) is 0 Å². The summed E-state index contributed by atoms with van der Waals surface area (Å²) < 4.78 is 4.87. The fourth-order valence-corrected chi connectivity index (χ4v) is 2.00. The van der Waals surface area contributed by atoms with Crippen LogP contribution in [0.4, 0.5) is 0 Å². The molecule has 7 nitrogen and oxygen atoms in total. The van der Waals surface area contributed by atoms with Crippen LogP contribution in [0, 0.1) is 0 Å². The van der Waals surface area contributed by atoms with Crippen LogP contribution in [0.2, 0.25) is 0 Å². The number of benzene rings is 1. The minimum absolute atomic E-state index is 0.164. The van der Waals surface area contributed by atoms with E-state index in [9.17, 15) is 14.4 Å². The number of rotatable bonds is 6. The second-order valence-electron chi connectivity index (χ2n) is 5.33. The number of aromatic nitrogens is 2. The molecule has 0 unspecified atom stereocenters. The summed E-state index contributed by atoms with van der Waals surface area (Å²) in [6, 6.07) is 7.08. The van der Waals surface area contributed by atoms with E-state index in [2.05, 4.69) is 9.97 Å². The molecule has 0 aliphatic carbocycles. The van der Waals surface area contributed by atoms with Gasteiger partial charge < -0.3 is 14.6 Å². The lowest BCUT2D eigenvalue weighted by atomic mass is 10.2. The van der Waals surface area contributed by atoms with Crippen molar-refractivity contribution in [2.24, 2.45) is 0 Å². The third kappa shape index (κ3) is 4.64. The largest absolute Gasteiger partial charge is 0.456 e. The second-order valence-corrected chi connectivity index (χ2v) is 5.33. The summed E-state index contributed by atoms with van der Waals surface area (Å²) in [5.74, 6) is -0.173. The number of aryl methyl sites for hydroxylation is 1. The molecule has 0 aliphatic heterocycles. The van der Waals surface area contributed by atoms with Crippen molar-refractivity contribution in [3.8, 4) is 0 Å². The molecule has 0 bridgehead atoms. The highest BCUT2D eigenvalue weighted by Gasteiger charge is 2.10. The van der Waals surface area contributed by atoms with Crippen LogP contribution < -0.4 is 5.56 Å². The first-order chi connectivity index (χ1) is 11.0. The first-order valence-corrected chi connectivity index (χ1v) is 7.31. The van der Waals surface area contributed by atoms with E-state index < -0.39 is 5.97 Å². The zero-order valence-corrected chi connectivity index (χ0v) is 13.2. The number of ether oxygens (including phenoxy) is 1. The van der Waals surface area contributed by atoms with Crippen LogP contribution in [-0.2, 0) is 20.7 Å². The number of carbonyl (C=O) groups is 2. The van der Waals surface area contributed by atoms with Gasteiger partial charge in [0.2, 0.25) is 0 Å². The number of nitrogens with one attached hydrogen (secondary N) is 1. The average molecular weight is 317 g/mol. The lowest BCUT2D eigenvalue weighted by Gasteiger charge is -2.10. The van der Waals surface area contributed by atoms with Crippen molar-refractivity contribution in [1.82, 2.24) is 14.9 Å². The zero-order valence-electron chi connectivity index (χ0n) is 13.2. The van der Waals surface area contributed by atoms with Gasteiger partial charge in [-0.1, -0.05) is 12.1 Å². The molecule has 23 heavy (non-hydrogen) atoms. The molecule has 2 rings (SSSR count). The van der Waals surface area contributed by atoms with Crippen LogP contribution in [0.1, 0.15) is 18.7 Å². The Kier molecular flexibility index (Phi) is 5.46. The maximum Gasteiger partial charge on any atom is 0.306 e. The van der Waals surface area contributed by atoms with Gasteiger partial charge in [-0.2, -0.15) is 0 Å². The number of carbonyl (C=O) groups excluding carboxylic acids is 2. The van der Waals surface area contributed by atoms with Gasteiger partial charge in [0.15, 0.2) is 6.61 Å². The third-order valence-electron chi connectivity index (χ3n) is 3.31. The molecule has 7 heteroatoms. The topological polar surface area (TPSA) is 92.4 Å². The Morgan fingerprint density at radius 2 is 2.00 bits per heavy atom. The van der Waals surface area contributed by atoms with Gasteiger partial charge in [0.05, 0.1) is 10.9 Å². The molecule has 0 aliphatic rings. The van der Waals surface area contributed by atoms with Gasteiger partial charge in [-0.15, -0.1) is 0 Å². The van der Waals surface area contributed by atoms with Crippen LogP contribution in [0.5, 0.6) is 0 Å². The van der Waals surface area contributed by atoms with E-state index in [-0.39, 0.29) is 24.5 Å². The summed E-state index contributed by atoms with van der Waals surface area (Å²) in [6.07, 6.45) is 1.10. The van der Waals surface area contributed by atoms with Crippen molar-refractivity contribution in [2.75, 3.05) is 20.7 Å². The number of hydrogen-bond acceptors (Lipinski definition) is 5. The maximum absolute atomic E-state index is 11.9. The highest BCUT2D eigenvalue weighted by atomic mass is 16.5. The second kappa shape index (κ2) is 7.53. The highest BCUT2D eigenvalue weighted by Crippen LogP contribution is 2.07. The Morgan fingerprint density at radius 1 is 1.26 bits per heavy atom. The molecule has 1 aromatic carbocycles. The molecule has 2 aromatic rings. The highest BCUT2D eigenvalue weighted by molar-refractivity contribution is 5.80. The van der Waals surface area contributed by atoms with Crippen molar-refractivity contribution in [2.45, 2.75) is 19.3 Å². The SMILES string of the molecule is CN(C)C(=O)COC(=O)CCCc1nc2ccccc2c(=O)[nH]1. The molecule has 0 fully saturated rings. The van der Waals surface area contributed by atoms with E-state index in [0.29, 0.717) is 29.6 Å². The standard InChI is InChI=1S/C16H19N3O4/c1-19(2)14(20)10-23-15(21)9-5-8-13-17-12-7-4-3-6-11(12)16(22)18-13/h3-4,6-7H,5,8-10H2,1-2H3,(H,17,18,22). The first-order valence-electron chi connectivity index (χ1n) is 7.31. The Hall–Kier alpha value is -2.70. The Morgan fingerprint density at radius 3 is 2.74 bits per heavy atom. The summed E-state index contributed by atoms with van der Waals surface area (Å²) in [5, 5.41) is 0.540. The van der Waals surface area contributed by atoms with Gasteiger partial charge in [-0.05, 0) is 18.6 Å². The van der Waals surface area contributed by atoms with E-state index in [1.54, 1.807) is 32.3 Å². The quantitative estimate of drug-likeness (QED) is 0.798. The number of esters is 1. The molecule has 0 radical (unpaired) electrons. The number of nitrogens with zero attached hydrogens (tertiary/aromatic N) is 2. The minimum atomic E-state index is -0.441. The molecule has 122 valence electrons. The zero-order chi connectivity index (χ0) is 16.8. The lowest BCUT2D eigenvalue weighted by molar-refractivity contribution is -0.151. The summed E-state index contributed by atoms with van der Waals surface area (Å²) in [4.78, 5) is 43.2. The van der Waals surface area contributed by atoms with Crippen LogP contribution >= 0.6 is 0 Å². The van der Waals surface area contributed by atoms with E-state index in [1.165, 1.54) is 4.90 Å². The fourth-order valence-electron chi connectivity index (χ4n) is 2.00. The summed E-state index contributed by atoms with van der Waals surface area (Å²) in [6.45, 7) is -0.253. The predicted molar refractivity (Wildman–Crippen MR) is 85.0 cm³/mol. The molecule has 0 saturated carbocycles. The van der Waals surface area contributed by atoms with Crippen molar-refractivity contribution in [3.05, 3.63) is 40.4 Å². The van der Waals surface area contributed by atoms with Gasteiger partial charge in [0.25, 0.3) is 11.5 Å². The molecule has 1 heterocycles. The van der Waals surface area contributed by atoms with Crippen LogP contribution in [0.15, 0.2) is 29.1 Å². The molecule has 1 N–H and O–H groups in total. The van der Waals surface area contributed by atoms with E-state index in [0.717, 1.165) is 0 Å². The maximum atomic E-state index is 11.9. The summed E-state index contributed by atoms with van der Waals surface area (Å²) >= 11 is 0. The number of aromatic amines is 1. The number of hydrogen-bond donors (Lipinski definition) is 1. The van der Waals surface area contributed by atoms with Gasteiger partial charge in [-0.3, -0.25) is 14.4 Å². The normalized spacial score (nSPS) is 10.5. The van der Waals surface area contributed by atoms with E-state index in [4.69, 9.17) is 4.74 Å². The lowest BCUT2D eigenvalue weighted by Crippen LogP contribution is -2.27. The predicted octanol–water partition coefficient (Wildman–Crippen LogP) is 0.877. The number of para-hydroxylation sites is 1. The first kappa shape index (κ1) is 16.7. The molecular weight excluding hydrogens is 298 g/mol. The van der Waals surface area contributed by atoms with Gasteiger partial charge in [-0.25, -0.2) is 4.98 Å². The van der Waals surface area contributed by atoms with Gasteiger partial charge in [0, 0.05) is 26.9 Å². The molecule has 1 aromatic heterocycles. The summed E-state index contributed by atoms with van der Waals surface area (Å²) in [7, 11) is 3.19. The van der Waals surface area contributed by atoms with Crippen LogP contribution in [0.3, 0.4) is 0 Å². The molecular formula is C16H19N3O4. The Balaban J connectivity index is 1.86. The molecule has 0 atom stereocenters. The molecule has 0 saturated heterocycles. The fraction of sp³-hybridized carbons (Fsp3) is 0.375. The van der Waals surface area contributed by atoms with E-state index >= 15 is 0 Å². The smallest absolute Gasteiger partial charge is 0.306 e. The minimum Gasteiger partial charge on any atom is -0.456 e. The summed E-state index contributed by atoms with van der Waals surface area (Å²) in [5.41, 5.74) is 0.440. The number of amides is 1. The van der Waals surface area contributed by atoms with Crippen molar-refractivity contribution < 1.29 is 14.3 Å². The number of H-pyrrole nitrogens is 1. The van der Waals surface area contributed by atoms with Crippen LogP contribution in [-0.4, -0.2) is 47.4 Å². The third-order valence-corrected chi connectivity index (χ3v) is 3.31.